The summed E-state index contributed by atoms with van der Waals surface area (Å²) in [5, 5.41) is 12.2. The van der Waals surface area contributed by atoms with E-state index in [0.29, 0.717) is 22.4 Å². The number of nitrogens with one attached hydrogen (secondary N) is 1. The Balaban J connectivity index is 1.57. The molecule has 1 N–H and O–H groups in total. The Hall–Kier alpha value is -3.65. The number of benzene rings is 2. The Morgan fingerprint density at radius 3 is 2.50 bits per heavy atom. The van der Waals surface area contributed by atoms with Gasteiger partial charge in [0.05, 0.1) is 18.6 Å². The summed E-state index contributed by atoms with van der Waals surface area (Å²) in [6.07, 6.45) is 3.43. The van der Waals surface area contributed by atoms with Crippen molar-refractivity contribution in [2.45, 2.75) is 5.16 Å². The number of ether oxygens (including phenoxy) is 1. The van der Waals surface area contributed by atoms with Gasteiger partial charge in [0.2, 0.25) is 5.91 Å². The molecule has 4 rings (SSSR count). The Morgan fingerprint density at radius 2 is 1.73 bits per heavy atom. The van der Waals surface area contributed by atoms with Crippen LogP contribution in [0.15, 0.2) is 84.3 Å². The Morgan fingerprint density at radius 1 is 1.00 bits per heavy atom. The van der Waals surface area contributed by atoms with E-state index in [4.69, 9.17) is 4.74 Å². The summed E-state index contributed by atoms with van der Waals surface area (Å²) >= 11 is 1.32. The monoisotopic (exact) mass is 417 g/mol. The van der Waals surface area contributed by atoms with Crippen LogP contribution in [0, 0.1) is 0 Å². The number of amides is 1. The normalized spacial score (nSPS) is 10.6. The second kappa shape index (κ2) is 9.23. The number of rotatable bonds is 7. The van der Waals surface area contributed by atoms with Crippen molar-refractivity contribution in [1.82, 2.24) is 19.7 Å². The highest BCUT2D eigenvalue weighted by Crippen LogP contribution is 2.28. The van der Waals surface area contributed by atoms with Crippen LogP contribution in [0.1, 0.15) is 0 Å². The lowest BCUT2D eigenvalue weighted by Crippen LogP contribution is -2.15. The maximum atomic E-state index is 12.5. The zero-order valence-electron chi connectivity index (χ0n) is 16.2. The smallest absolute Gasteiger partial charge is 0.234 e. The van der Waals surface area contributed by atoms with Gasteiger partial charge in [-0.15, -0.1) is 10.2 Å². The predicted octanol–water partition coefficient (Wildman–Crippen LogP) is 4.07. The Kier molecular flexibility index (Phi) is 6.05. The lowest BCUT2D eigenvalue weighted by Gasteiger charge is -2.11. The molecule has 1 amide bonds. The van der Waals surface area contributed by atoms with Crippen LogP contribution in [0.3, 0.4) is 0 Å². The number of carbonyl (C=O) groups is 1. The van der Waals surface area contributed by atoms with Crippen molar-refractivity contribution >= 4 is 23.4 Å². The molecular formula is C22H19N5O2S. The van der Waals surface area contributed by atoms with Crippen LogP contribution in [-0.2, 0) is 4.79 Å². The molecule has 0 saturated carbocycles. The minimum atomic E-state index is -0.155. The van der Waals surface area contributed by atoms with E-state index in [9.17, 15) is 4.79 Å². The third kappa shape index (κ3) is 4.33. The summed E-state index contributed by atoms with van der Waals surface area (Å²) in [4.78, 5) is 16.6. The van der Waals surface area contributed by atoms with Gasteiger partial charge < -0.3 is 10.1 Å². The van der Waals surface area contributed by atoms with Crippen LogP contribution < -0.4 is 10.1 Å². The summed E-state index contributed by atoms with van der Waals surface area (Å²) in [5.74, 6) is 1.33. The first-order valence-corrected chi connectivity index (χ1v) is 10.2. The van der Waals surface area contributed by atoms with E-state index in [1.54, 1.807) is 31.6 Å². The molecule has 0 fully saturated rings. The Bertz CT molecular complexity index is 1130. The molecule has 2 heterocycles. The van der Waals surface area contributed by atoms with Gasteiger partial charge in [-0.3, -0.25) is 14.3 Å². The molecule has 0 bridgehead atoms. The molecule has 0 atom stereocenters. The molecule has 4 aromatic rings. The number of carbonyl (C=O) groups excluding carboxylic acids is 1. The molecule has 0 spiro atoms. The number of pyridine rings is 1. The fraction of sp³-hybridized carbons (Fsp3) is 0.0909. The molecule has 150 valence electrons. The van der Waals surface area contributed by atoms with Gasteiger partial charge >= 0.3 is 0 Å². The highest BCUT2D eigenvalue weighted by molar-refractivity contribution is 7.99. The zero-order valence-corrected chi connectivity index (χ0v) is 17.0. The van der Waals surface area contributed by atoms with Gasteiger partial charge in [0.1, 0.15) is 5.75 Å². The fourth-order valence-electron chi connectivity index (χ4n) is 2.93. The minimum absolute atomic E-state index is 0.155. The van der Waals surface area contributed by atoms with E-state index in [1.807, 2.05) is 59.2 Å². The fourth-order valence-corrected chi connectivity index (χ4v) is 3.68. The van der Waals surface area contributed by atoms with Gasteiger partial charge in [0.25, 0.3) is 0 Å². The highest BCUT2D eigenvalue weighted by atomic mass is 32.2. The van der Waals surface area contributed by atoms with E-state index >= 15 is 0 Å². The van der Waals surface area contributed by atoms with Gasteiger partial charge in [-0.05, 0) is 36.4 Å². The summed E-state index contributed by atoms with van der Waals surface area (Å²) in [6.45, 7) is 0. The van der Waals surface area contributed by atoms with Crippen molar-refractivity contribution in [2.24, 2.45) is 0 Å². The maximum absolute atomic E-state index is 12.5. The second-order valence-electron chi connectivity index (χ2n) is 6.25. The second-order valence-corrected chi connectivity index (χ2v) is 7.19. The first kappa shape index (κ1) is 19.7. The van der Waals surface area contributed by atoms with Crippen LogP contribution in [0.2, 0.25) is 0 Å². The topological polar surface area (TPSA) is 81.9 Å². The Labute approximate surface area is 178 Å². The molecule has 0 aliphatic rings. The van der Waals surface area contributed by atoms with Crippen molar-refractivity contribution in [3.8, 4) is 22.8 Å². The summed E-state index contributed by atoms with van der Waals surface area (Å²) in [5.41, 5.74) is 2.45. The van der Waals surface area contributed by atoms with E-state index < -0.39 is 0 Å². The van der Waals surface area contributed by atoms with Gasteiger partial charge in [0, 0.05) is 23.6 Å². The lowest BCUT2D eigenvalue weighted by atomic mass is 10.2. The molecule has 0 radical (unpaired) electrons. The average molecular weight is 417 g/mol. The van der Waals surface area contributed by atoms with Crippen LogP contribution in [0.5, 0.6) is 5.75 Å². The van der Waals surface area contributed by atoms with Crippen molar-refractivity contribution in [2.75, 3.05) is 18.2 Å². The molecule has 0 aliphatic heterocycles. The number of para-hydroxylation sites is 3. The van der Waals surface area contributed by atoms with Gasteiger partial charge in [-0.2, -0.15) is 0 Å². The summed E-state index contributed by atoms with van der Waals surface area (Å²) in [6, 6.07) is 20.9. The number of anilines is 1. The van der Waals surface area contributed by atoms with Crippen LogP contribution in [0.4, 0.5) is 5.69 Å². The van der Waals surface area contributed by atoms with Crippen molar-refractivity contribution in [3.63, 3.8) is 0 Å². The van der Waals surface area contributed by atoms with Gasteiger partial charge in [-0.1, -0.05) is 42.1 Å². The number of methoxy groups -OCH3 is 1. The van der Waals surface area contributed by atoms with E-state index in [1.165, 1.54) is 11.8 Å². The SMILES string of the molecule is COc1ccccc1NC(=O)CSc1nnc(-c2ccncc2)n1-c1ccccc1. The molecule has 2 aromatic carbocycles. The molecule has 2 aromatic heterocycles. The average Bonchev–Trinajstić information content (AvgIpc) is 3.23. The van der Waals surface area contributed by atoms with Crippen LogP contribution in [-0.4, -0.2) is 38.5 Å². The van der Waals surface area contributed by atoms with Crippen LogP contribution in [0.25, 0.3) is 17.1 Å². The number of hydrogen-bond donors (Lipinski definition) is 1. The number of nitrogens with zero attached hydrogens (tertiary/aromatic N) is 4. The molecule has 7 nitrogen and oxygen atoms in total. The predicted molar refractivity (Wildman–Crippen MR) is 117 cm³/mol. The third-order valence-electron chi connectivity index (χ3n) is 4.30. The molecule has 0 saturated heterocycles. The van der Waals surface area contributed by atoms with Gasteiger partial charge in [-0.25, -0.2) is 0 Å². The first-order chi connectivity index (χ1) is 14.8. The standard InChI is InChI=1S/C22H19N5O2S/c1-29-19-10-6-5-9-18(19)24-20(28)15-30-22-26-25-21(16-11-13-23-14-12-16)27(22)17-7-3-2-4-8-17/h2-14H,15H2,1H3,(H,24,28). The molecule has 0 aliphatic carbocycles. The van der Waals surface area contributed by atoms with E-state index in [2.05, 4.69) is 20.5 Å². The maximum Gasteiger partial charge on any atom is 0.234 e. The van der Waals surface area contributed by atoms with Gasteiger partial charge in [0.15, 0.2) is 11.0 Å². The quantitative estimate of drug-likeness (QED) is 0.457. The highest BCUT2D eigenvalue weighted by Gasteiger charge is 2.17. The number of hydrogen-bond acceptors (Lipinski definition) is 6. The van der Waals surface area contributed by atoms with Crippen molar-refractivity contribution in [3.05, 3.63) is 79.1 Å². The summed E-state index contributed by atoms with van der Waals surface area (Å²) < 4.78 is 7.23. The van der Waals surface area contributed by atoms with E-state index in [0.717, 1.165) is 11.3 Å². The molecule has 8 heteroatoms. The van der Waals surface area contributed by atoms with Crippen molar-refractivity contribution in [1.29, 1.82) is 0 Å². The number of aromatic nitrogens is 4. The summed E-state index contributed by atoms with van der Waals surface area (Å²) in [7, 11) is 1.57. The lowest BCUT2D eigenvalue weighted by molar-refractivity contribution is -0.113. The molecule has 0 unspecified atom stereocenters. The van der Waals surface area contributed by atoms with Crippen LogP contribution >= 0.6 is 11.8 Å². The largest absolute Gasteiger partial charge is 0.495 e. The first-order valence-electron chi connectivity index (χ1n) is 9.23. The van der Waals surface area contributed by atoms with E-state index in [-0.39, 0.29) is 11.7 Å². The minimum Gasteiger partial charge on any atom is -0.495 e. The zero-order chi connectivity index (χ0) is 20.8. The number of thioether (sulfide) groups is 1. The van der Waals surface area contributed by atoms with Crippen molar-refractivity contribution < 1.29 is 9.53 Å². The third-order valence-corrected chi connectivity index (χ3v) is 5.23. The molecular weight excluding hydrogens is 398 g/mol. The molecule has 30 heavy (non-hydrogen) atoms.